The molecule has 0 aliphatic carbocycles. The quantitative estimate of drug-likeness (QED) is 0.401. The maximum atomic E-state index is 12.2. The van der Waals surface area contributed by atoms with E-state index in [9.17, 15) is 9.59 Å². The summed E-state index contributed by atoms with van der Waals surface area (Å²) in [5.74, 6) is -0.344. The lowest BCUT2D eigenvalue weighted by Gasteiger charge is -2.22. The number of hydrogen-bond donors (Lipinski definition) is 1. The number of esters is 1. The molecule has 136 valence electrons. The van der Waals surface area contributed by atoms with Gasteiger partial charge in [0.25, 0.3) is 0 Å². The number of unbranched alkanes of at least 4 members (excludes halogenated alkanes) is 5. The minimum Gasteiger partial charge on any atom is -0.464 e. The van der Waals surface area contributed by atoms with Crippen LogP contribution in [0.5, 0.6) is 0 Å². The average molecular weight is 329 g/mol. The summed E-state index contributed by atoms with van der Waals surface area (Å²) in [6.07, 6.45) is 7.56. The van der Waals surface area contributed by atoms with Crippen LogP contribution in [0.4, 0.5) is 4.79 Å². The van der Waals surface area contributed by atoms with Gasteiger partial charge in [-0.1, -0.05) is 66.2 Å². The maximum absolute atomic E-state index is 12.2. The topological polar surface area (TPSA) is 64.6 Å². The zero-order chi connectivity index (χ0) is 17.5. The Morgan fingerprint density at radius 2 is 1.48 bits per heavy atom. The molecule has 0 aromatic rings. The number of amides is 1. The minimum absolute atomic E-state index is 0.0151. The highest BCUT2D eigenvalue weighted by molar-refractivity contribution is 5.81. The molecule has 0 heterocycles. The summed E-state index contributed by atoms with van der Waals surface area (Å²) in [5.41, 5.74) is 0. The number of ether oxygens (including phenoxy) is 2. The number of nitrogens with one attached hydrogen (secondary N) is 1. The van der Waals surface area contributed by atoms with Crippen LogP contribution in [0.1, 0.15) is 79.1 Å². The van der Waals surface area contributed by atoms with Crippen molar-refractivity contribution in [1.29, 1.82) is 0 Å². The molecule has 0 aromatic heterocycles. The molecule has 23 heavy (non-hydrogen) atoms. The van der Waals surface area contributed by atoms with E-state index in [1.165, 1.54) is 19.3 Å². The van der Waals surface area contributed by atoms with Crippen LogP contribution in [-0.4, -0.2) is 31.3 Å². The van der Waals surface area contributed by atoms with Gasteiger partial charge in [-0.3, -0.25) is 0 Å². The lowest BCUT2D eigenvalue weighted by atomic mass is 9.99. The van der Waals surface area contributed by atoms with Gasteiger partial charge in [-0.05, 0) is 18.8 Å². The summed E-state index contributed by atoms with van der Waals surface area (Å²) in [6, 6.07) is -0.634. The first-order chi connectivity index (χ1) is 11.1. The lowest BCUT2D eigenvalue weighted by Crippen LogP contribution is -2.46. The van der Waals surface area contributed by atoms with Crippen LogP contribution in [0.3, 0.4) is 0 Å². The van der Waals surface area contributed by atoms with Crippen molar-refractivity contribution < 1.29 is 19.1 Å². The molecule has 0 aliphatic rings. The molecule has 0 saturated carbocycles. The summed E-state index contributed by atoms with van der Waals surface area (Å²) in [4.78, 5) is 24.0. The van der Waals surface area contributed by atoms with Crippen molar-refractivity contribution in [2.75, 3.05) is 13.2 Å². The first-order valence-corrected chi connectivity index (χ1v) is 9.16. The molecular weight excluding hydrogens is 294 g/mol. The van der Waals surface area contributed by atoms with Gasteiger partial charge < -0.3 is 14.8 Å². The fraction of sp³-hybridized carbons (Fsp3) is 0.889. The van der Waals surface area contributed by atoms with E-state index in [4.69, 9.17) is 9.47 Å². The average Bonchev–Trinajstić information content (AvgIpc) is 2.55. The van der Waals surface area contributed by atoms with Crippen molar-refractivity contribution in [3.8, 4) is 0 Å². The number of alkyl carbamates (subject to hydrolysis) is 1. The highest BCUT2D eigenvalue weighted by Crippen LogP contribution is 2.11. The van der Waals surface area contributed by atoms with Crippen molar-refractivity contribution in [2.45, 2.75) is 85.1 Å². The molecule has 1 unspecified atom stereocenters. The predicted octanol–water partition coefficient (Wildman–Crippen LogP) is 4.44. The van der Waals surface area contributed by atoms with Crippen molar-refractivity contribution in [1.82, 2.24) is 5.32 Å². The molecule has 2 atom stereocenters. The van der Waals surface area contributed by atoms with Crippen molar-refractivity contribution in [3.05, 3.63) is 0 Å². The number of carbonyl (C=O) groups is 2. The Labute approximate surface area is 141 Å². The van der Waals surface area contributed by atoms with Gasteiger partial charge in [-0.2, -0.15) is 0 Å². The molecule has 0 radical (unpaired) electrons. The van der Waals surface area contributed by atoms with E-state index in [1.807, 2.05) is 20.8 Å². The molecule has 0 fully saturated rings. The third-order valence-corrected chi connectivity index (χ3v) is 3.96. The van der Waals surface area contributed by atoms with Crippen molar-refractivity contribution in [3.63, 3.8) is 0 Å². The standard InChI is InChI=1S/C18H35NO4/c1-5-8-10-11-12-14-22-17(20)16(15(4)7-3)19-18(21)23-13-9-6-2/h15-16H,5-14H2,1-4H3,(H,19,21)/t15?,16-/m0/s1. The van der Waals surface area contributed by atoms with E-state index in [0.717, 1.165) is 32.1 Å². The smallest absolute Gasteiger partial charge is 0.407 e. The van der Waals surface area contributed by atoms with Crippen LogP contribution in [0.25, 0.3) is 0 Å². The zero-order valence-corrected chi connectivity index (χ0v) is 15.4. The summed E-state index contributed by atoms with van der Waals surface area (Å²) in [5, 5.41) is 2.65. The van der Waals surface area contributed by atoms with Gasteiger partial charge in [-0.25, -0.2) is 9.59 Å². The second-order valence-corrected chi connectivity index (χ2v) is 6.08. The largest absolute Gasteiger partial charge is 0.464 e. The number of carbonyl (C=O) groups excluding carboxylic acids is 2. The molecule has 0 spiro atoms. The summed E-state index contributed by atoms with van der Waals surface area (Å²) >= 11 is 0. The van der Waals surface area contributed by atoms with Crippen LogP contribution in [0.2, 0.25) is 0 Å². The molecule has 1 amide bonds. The molecule has 0 bridgehead atoms. The highest BCUT2D eigenvalue weighted by Gasteiger charge is 2.27. The zero-order valence-electron chi connectivity index (χ0n) is 15.4. The second-order valence-electron chi connectivity index (χ2n) is 6.08. The highest BCUT2D eigenvalue weighted by atomic mass is 16.6. The van der Waals surface area contributed by atoms with Crippen LogP contribution in [0, 0.1) is 5.92 Å². The van der Waals surface area contributed by atoms with E-state index in [1.54, 1.807) is 0 Å². The fourth-order valence-corrected chi connectivity index (χ4v) is 2.12. The second kappa shape index (κ2) is 14.3. The lowest BCUT2D eigenvalue weighted by molar-refractivity contribution is -0.147. The van der Waals surface area contributed by atoms with E-state index in [-0.39, 0.29) is 11.9 Å². The molecule has 1 N–H and O–H groups in total. The Kier molecular flexibility index (Phi) is 13.6. The third kappa shape index (κ3) is 11.0. The Morgan fingerprint density at radius 1 is 0.870 bits per heavy atom. The number of hydrogen-bond acceptors (Lipinski definition) is 4. The van der Waals surface area contributed by atoms with E-state index >= 15 is 0 Å². The molecule has 0 rings (SSSR count). The van der Waals surface area contributed by atoms with E-state index in [0.29, 0.717) is 13.2 Å². The van der Waals surface area contributed by atoms with Crippen LogP contribution < -0.4 is 5.32 Å². The first kappa shape index (κ1) is 21.7. The maximum Gasteiger partial charge on any atom is 0.407 e. The predicted molar refractivity (Wildman–Crippen MR) is 92.4 cm³/mol. The van der Waals surface area contributed by atoms with Gasteiger partial charge in [0.2, 0.25) is 0 Å². The molecular formula is C18H35NO4. The summed E-state index contributed by atoms with van der Waals surface area (Å²) < 4.78 is 10.4. The van der Waals surface area contributed by atoms with Crippen LogP contribution >= 0.6 is 0 Å². The normalized spacial score (nSPS) is 13.2. The van der Waals surface area contributed by atoms with E-state index in [2.05, 4.69) is 12.2 Å². The molecule has 0 aliphatic heterocycles. The van der Waals surface area contributed by atoms with E-state index < -0.39 is 12.1 Å². The molecule has 5 heteroatoms. The van der Waals surface area contributed by atoms with Gasteiger partial charge in [0.15, 0.2) is 0 Å². The minimum atomic E-state index is -0.634. The third-order valence-electron chi connectivity index (χ3n) is 3.96. The molecule has 0 aromatic carbocycles. The number of rotatable bonds is 13. The molecule has 5 nitrogen and oxygen atoms in total. The molecule has 0 saturated heterocycles. The van der Waals surface area contributed by atoms with Gasteiger partial charge in [0.1, 0.15) is 6.04 Å². The van der Waals surface area contributed by atoms with Gasteiger partial charge in [0.05, 0.1) is 13.2 Å². The Balaban J connectivity index is 4.20. The van der Waals surface area contributed by atoms with Gasteiger partial charge >= 0.3 is 12.1 Å². The fourth-order valence-electron chi connectivity index (χ4n) is 2.12. The van der Waals surface area contributed by atoms with Crippen molar-refractivity contribution >= 4 is 12.1 Å². The summed E-state index contributed by atoms with van der Waals surface area (Å²) in [6.45, 7) is 8.91. The van der Waals surface area contributed by atoms with Crippen molar-refractivity contribution in [2.24, 2.45) is 5.92 Å². The Morgan fingerprint density at radius 3 is 2.09 bits per heavy atom. The Hall–Kier alpha value is -1.26. The van der Waals surface area contributed by atoms with Crippen LogP contribution in [0.15, 0.2) is 0 Å². The summed E-state index contributed by atoms with van der Waals surface area (Å²) in [7, 11) is 0. The first-order valence-electron chi connectivity index (χ1n) is 9.16. The van der Waals surface area contributed by atoms with Gasteiger partial charge in [-0.15, -0.1) is 0 Å². The SMILES string of the molecule is CCCCCCCOC(=O)[C@@H](NC(=O)OCCCC)C(C)CC. The van der Waals surface area contributed by atoms with Gasteiger partial charge in [0, 0.05) is 0 Å². The van der Waals surface area contributed by atoms with Crippen LogP contribution in [-0.2, 0) is 14.3 Å². The Bertz CT molecular complexity index is 320. The monoisotopic (exact) mass is 329 g/mol.